The molecule has 1 unspecified atom stereocenters. The van der Waals surface area contributed by atoms with Gasteiger partial charge in [0.2, 0.25) is 0 Å². The molecule has 0 aliphatic rings. The van der Waals surface area contributed by atoms with Crippen LogP contribution in [-0.2, 0) is 4.43 Å². The lowest BCUT2D eigenvalue weighted by molar-refractivity contribution is 0.247. The zero-order valence-corrected chi connectivity index (χ0v) is 17.1. The molecule has 0 rings (SSSR count). The fourth-order valence-electron chi connectivity index (χ4n) is 3.09. The Bertz CT molecular complexity index is 241. The Morgan fingerprint density at radius 1 is 0.773 bits per heavy atom. The molecular formula is C20H42OSi. The van der Waals surface area contributed by atoms with E-state index in [1.807, 2.05) is 0 Å². The molecule has 0 aromatic rings. The van der Waals surface area contributed by atoms with Gasteiger partial charge in [-0.15, -0.1) is 0 Å². The zero-order chi connectivity index (χ0) is 16.7. The molecule has 0 saturated carbocycles. The van der Waals surface area contributed by atoms with Crippen LogP contribution in [0.5, 0.6) is 0 Å². The van der Waals surface area contributed by atoms with E-state index in [0.717, 1.165) is 0 Å². The summed E-state index contributed by atoms with van der Waals surface area (Å²) in [6, 6.07) is 4.12. The van der Waals surface area contributed by atoms with Gasteiger partial charge in [0.25, 0.3) is 0 Å². The van der Waals surface area contributed by atoms with Gasteiger partial charge < -0.3 is 4.43 Å². The van der Waals surface area contributed by atoms with Crippen LogP contribution in [0.3, 0.4) is 0 Å². The van der Waals surface area contributed by atoms with Gasteiger partial charge in [0.15, 0.2) is 8.32 Å². The van der Waals surface area contributed by atoms with Crippen LogP contribution >= 0.6 is 0 Å². The van der Waals surface area contributed by atoms with E-state index in [4.69, 9.17) is 4.43 Å². The quantitative estimate of drug-likeness (QED) is 0.172. The van der Waals surface area contributed by atoms with Crippen LogP contribution in [0.2, 0.25) is 18.1 Å². The van der Waals surface area contributed by atoms with Crippen LogP contribution in [0.15, 0.2) is 12.2 Å². The second-order valence-electron chi connectivity index (χ2n) is 6.89. The topological polar surface area (TPSA) is 9.23 Å². The Kier molecular flexibility index (Phi) is 14.5. The molecule has 1 atom stereocenters. The third-order valence-corrected chi connectivity index (χ3v) is 9.19. The maximum absolute atomic E-state index is 6.78. The van der Waals surface area contributed by atoms with Crippen molar-refractivity contribution in [3.63, 3.8) is 0 Å². The lowest BCUT2D eigenvalue weighted by atomic mass is 10.2. The van der Waals surface area contributed by atoms with E-state index in [1.165, 1.54) is 75.9 Å². The van der Waals surface area contributed by atoms with Gasteiger partial charge in [0, 0.05) is 0 Å². The lowest BCUT2D eigenvalue weighted by Gasteiger charge is -2.34. The maximum Gasteiger partial charge on any atom is 0.193 e. The Hall–Kier alpha value is -0.0831. The van der Waals surface area contributed by atoms with Crippen molar-refractivity contribution in [1.29, 1.82) is 0 Å². The first-order chi connectivity index (χ1) is 10.6. The summed E-state index contributed by atoms with van der Waals surface area (Å²) in [5.41, 5.74) is 0. The third-order valence-electron chi connectivity index (χ3n) is 4.53. The van der Waals surface area contributed by atoms with Crippen molar-refractivity contribution >= 4 is 8.32 Å². The number of hydrogen-bond acceptors (Lipinski definition) is 1. The van der Waals surface area contributed by atoms with Crippen molar-refractivity contribution < 1.29 is 4.43 Å². The van der Waals surface area contributed by atoms with Gasteiger partial charge in [-0.1, -0.05) is 91.2 Å². The fourth-order valence-corrected chi connectivity index (χ4v) is 8.06. The highest BCUT2D eigenvalue weighted by Gasteiger charge is 2.34. The molecule has 0 aliphatic carbocycles. The lowest BCUT2D eigenvalue weighted by Crippen LogP contribution is -2.40. The first-order valence-corrected chi connectivity index (χ1v) is 12.5. The average Bonchev–Trinajstić information content (AvgIpc) is 2.53. The van der Waals surface area contributed by atoms with E-state index in [9.17, 15) is 0 Å². The Balaban J connectivity index is 4.71. The highest BCUT2D eigenvalue weighted by molar-refractivity contribution is 6.73. The van der Waals surface area contributed by atoms with E-state index in [0.29, 0.717) is 6.10 Å². The minimum absolute atomic E-state index is 0.314. The summed E-state index contributed by atoms with van der Waals surface area (Å²) < 4.78 is 6.78. The van der Waals surface area contributed by atoms with Gasteiger partial charge in [0.05, 0.1) is 6.10 Å². The van der Waals surface area contributed by atoms with Crippen LogP contribution in [-0.4, -0.2) is 14.4 Å². The van der Waals surface area contributed by atoms with Crippen molar-refractivity contribution in [2.24, 2.45) is 0 Å². The molecule has 0 N–H and O–H groups in total. The van der Waals surface area contributed by atoms with Gasteiger partial charge in [-0.3, -0.25) is 0 Å². The molecule has 0 spiro atoms. The molecule has 0 amide bonds. The van der Waals surface area contributed by atoms with Crippen molar-refractivity contribution in [2.75, 3.05) is 0 Å². The van der Waals surface area contributed by atoms with Crippen LogP contribution in [0.1, 0.15) is 92.4 Å². The second kappa shape index (κ2) is 14.5. The van der Waals surface area contributed by atoms with Crippen molar-refractivity contribution in [1.82, 2.24) is 0 Å². The maximum atomic E-state index is 6.78. The molecule has 0 heterocycles. The predicted octanol–water partition coefficient (Wildman–Crippen LogP) is 7.48. The number of rotatable bonds is 15. The standard InChI is InChI=1S/C20H42OSi/c1-6-10-14-15-16-20(5)21-22(17-11-7-2,18-12-8-3)19-13-9-4/h15-16,20H,6-14,17-19H2,1-5H3/b16-15+. The summed E-state index contributed by atoms with van der Waals surface area (Å²) in [6.07, 6.45) is 16.7. The number of hydrogen-bond donors (Lipinski definition) is 0. The van der Waals surface area contributed by atoms with Gasteiger partial charge in [0.1, 0.15) is 0 Å². The van der Waals surface area contributed by atoms with Crippen LogP contribution < -0.4 is 0 Å². The molecule has 2 heteroatoms. The molecule has 132 valence electrons. The minimum Gasteiger partial charge on any atom is -0.411 e. The molecular weight excluding hydrogens is 284 g/mol. The van der Waals surface area contributed by atoms with Crippen molar-refractivity contribution in [2.45, 2.75) is 117 Å². The monoisotopic (exact) mass is 326 g/mol. The fraction of sp³-hybridized carbons (Fsp3) is 0.900. The summed E-state index contributed by atoms with van der Waals surface area (Å²) in [7, 11) is -1.54. The summed E-state index contributed by atoms with van der Waals surface area (Å²) in [5.74, 6) is 0. The van der Waals surface area contributed by atoms with Gasteiger partial charge >= 0.3 is 0 Å². The predicted molar refractivity (Wildman–Crippen MR) is 104 cm³/mol. The summed E-state index contributed by atoms with van der Waals surface area (Å²) in [5, 5.41) is 0. The molecule has 0 aromatic heterocycles. The summed E-state index contributed by atoms with van der Waals surface area (Å²) >= 11 is 0. The average molecular weight is 327 g/mol. The summed E-state index contributed by atoms with van der Waals surface area (Å²) in [4.78, 5) is 0. The molecule has 0 bridgehead atoms. The van der Waals surface area contributed by atoms with Crippen molar-refractivity contribution in [3.05, 3.63) is 12.2 Å². The Labute approximate surface area is 142 Å². The van der Waals surface area contributed by atoms with Crippen LogP contribution in [0, 0.1) is 0 Å². The Morgan fingerprint density at radius 2 is 1.23 bits per heavy atom. The molecule has 0 aliphatic heterocycles. The molecule has 22 heavy (non-hydrogen) atoms. The van der Waals surface area contributed by atoms with Crippen LogP contribution in [0.25, 0.3) is 0 Å². The van der Waals surface area contributed by atoms with Crippen LogP contribution in [0.4, 0.5) is 0 Å². The first kappa shape index (κ1) is 21.9. The smallest absolute Gasteiger partial charge is 0.193 e. The van der Waals surface area contributed by atoms with E-state index >= 15 is 0 Å². The SMILES string of the molecule is CCCC/C=C/C(C)O[Si](CCCC)(CCCC)CCCC. The first-order valence-electron chi connectivity index (χ1n) is 9.98. The molecule has 0 aromatic carbocycles. The van der Waals surface area contributed by atoms with Gasteiger partial charge in [-0.25, -0.2) is 0 Å². The number of unbranched alkanes of at least 4 members (excludes halogenated alkanes) is 5. The van der Waals surface area contributed by atoms with Gasteiger partial charge in [-0.05, 0) is 31.5 Å². The third kappa shape index (κ3) is 10.6. The highest BCUT2D eigenvalue weighted by atomic mass is 28.4. The molecule has 0 saturated heterocycles. The Morgan fingerprint density at radius 3 is 1.64 bits per heavy atom. The van der Waals surface area contributed by atoms with E-state index in [1.54, 1.807) is 0 Å². The highest BCUT2D eigenvalue weighted by Crippen LogP contribution is 2.31. The van der Waals surface area contributed by atoms with E-state index < -0.39 is 8.32 Å². The number of allylic oxidation sites excluding steroid dienone is 1. The second-order valence-corrected chi connectivity index (χ2v) is 11.0. The molecule has 0 fully saturated rings. The molecule has 0 radical (unpaired) electrons. The molecule has 1 nitrogen and oxygen atoms in total. The van der Waals surface area contributed by atoms with E-state index in [-0.39, 0.29) is 0 Å². The minimum atomic E-state index is -1.54. The van der Waals surface area contributed by atoms with E-state index in [2.05, 4.69) is 46.8 Å². The zero-order valence-electron chi connectivity index (χ0n) is 16.1. The largest absolute Gasteiger partial charge is 0.411 e. The summed E-state index contributed by atoms with van der Waals surface area (Å²) in [6.45, 7) is 11.5. The van der Waals surface area contributed by atoms with Crippen molar-refractivity contribution in [3.8, 4) is 0 Å². The van der Waals surface area contributed by atoms with Gasteiger partial charge in [-0.2, -0.15) is 0 Å². The normalized spacial score (nSPS) is 13.9.